The van der Waals surface area contributed by atoms with E-state index in [1.54, 1.807) is 0 Å². The Hall–Kier alpha value is -2.49. The number of nitrogens with one attached hydrogen (secondary N) is 1. The van der Waals surface area contributed by atoms with Gasteiger partial charge >= 0.3 is 0 Å². The number of amidine groups is 1. The first-order valence-electron chi connectivity index (χ1n) is 9.62. The van der Waals surface area contributed by atoms with E-state index in [-0.39, 0.29) is 18.2 Å². The van der Waals surface area contributed by atoms with Crippen molar-refractivity contribution in [2.45, 2.75) is 32.0 Å². The molecule has 3 aromatic carbocycles. The third-order valence-corrected chi connectivity index (χ3v) is 5.33. The van der Waals surface area contributed by atoms with Crippen molar-refractivity contribution in [2.75, 3.05) is 0 Å². The van der Waals surface area contributed by atoms with Crippen molar-refractivity contribution in [3.05, 3.63) is 99.5 Å². The van der Waals surface area contributed by atoms with Gasteiger partial charge in [-0.1, -0.05) is 59.6 Å². The molecule has 1 aliphatic rings. The number of aliphatic imine (C=N–C) groups is 1. The first kappa shape index (κ1) is 19.8. The van der Waals surface area contributed by atoms with Gasteiger partial charge in [-0.15, -0.1) is 0 Å². The molecule has 1 aliphatic heterocycles. The maximum Gasteiger partial charge on any atom is 0.133 e. The molecule has 0 aromatic heterocycles. The van der Waals surface area contributed by atoms with E-state index in [0.717, 1.165) is 28.3 Å². The Balaban J connectivity index is 1.75. The Labute approximate surface area is 181 Å². The predicted octanol–water partition coefficient (Wildman–Crippen LogP) is 6.61. The fourth-order valence-corrected chi connectivity index (χ4v) is 3.76. The number of halogens is 2. The highest BCUT2D eigenvalue weighted by atomic mass is 35.5. The van der Waals surface area contributed by atoms with Gasteiger partial charge in [0.05, 0.1) is 17.7 Å². The maximum absolute atomic E-state index is 6.10. The second-order valence-electron chi connectivity index (χ2n) is 7.31. The highest BCUT2D eigenvalue weighted by molar-refractivity contribution is 6.30. The summed E-state index contributed by atoms with van der Waals surface area (Å²) in [5.41, 5.74) is 3.17. The molecular formula is C24H22Cl2N2O. The van der Waals surface area contributed by atoms with Crippen LogP contribution in [0.2, 0.25) is 10.0 Å². The minimum absolute atomic E-state index is 0.0180. The van der Waals surface area contributed by atoms with Crippen molar-refractivity contribution in [3.8, 4) is 5.75 Å². The van der Waals surface area contributed by atoms with Crippen molar-refractivity contribution in [3.63, 3.8) is 0 Å². The summed E-state index contributed by atoms with van der Waals surface area (Å²) in [7, 11) is 0. The van der Waals surface area contributed by atoms with Crippen LogP contribution in [0.1, 0.15) is 42.6 Å². The molecule has 0 bridgehead atoms. The average Bonchev–Trinajstić information content (AvgIpc) is 3.14. The largest absolute Gasteiger partial charge is 0.490 e. The molecule has 0 radical (unpaired) electrons. The lowest BCUT2D eigenvalue weighted by atomic mass is 9.95. The first-order valence-corrected chi connectivity index (χ1v) is 10.4. The molecule has 0 saturated carbocycles. The van der Waals surface area contributed by atoms with Gasteiger partial charge in [0.25, 0.3) is 0 Å². The van der Waals surface area contributed by atoms with Gasteiger partial charge in [0.2, 0.25) is 0 Å². The van der Waals surface area contributed by atoms with Crippen LogP contribution in [0, 0.1) is 0 Å². The van der Waals surface area contributed by atoms with E-state index in [9.17, 15) is 0 Å². The Morgan fingerprint density at radius 3 is 2.03 bits per heavy atom. The van der Waals surface area contributed by atoms with Crippen LogP contribution in [-0.4, -0.2) is 11.9 Å². The summed E-state index contributed by atoms with van der Waals surface area (Å²) < 4.78 is 6.02. The fourth-order valence-electron chi connectivity index (χ4n) is 3.51. The molecule has 4 rings (SSSR count). The van der Waals surface area contributed by atoms with Gasteiger partial charge in [0.15, 0.2) is 0 Å². The number of hydrogen-bond acceptors (Lipinski definition) is 3. The Bertz CT molecular complexity index is 1010. The van der Waals surface area contributed by atoms with Crippen LogP contribution in [0.4, 0.5) is 0 Å². The number of rotatable bonds is 5. The van der Waals surface area contributed by atoms with Crippen LogP contribution >= 0.6 is 23.2 Å². The lowest BCUT2D eigenvalue weighted by Gasteiger charge is -2.20. The minimum atomic E-state index is -0.0875. The monoisotopic (exact) mass is 424 g/mol. The SMILES string of the molecule is CC(C)Oc1ccccc1C1=N[C@H](c2ccc(Cl)cc2)[C@H](c2ccc(Cl)cc2)N1. The summed E-state index contributed by atoms with van der Waals surface area (Å²) in [6.45, 7) is 4.04. The topological polar surface area (TPSA) is 33.6 Å². The molecule has 3 nitrogen and oxygen atoms in total. The van der Waals surface area contributed by atoms with Crippen LogP contribution in [0.25, 0.3) is 0 Å². The molecule has 2 atom stereocenters. The van der Waals surface area contributed by atoms with Gasteiger partial charge < -0.3 is 10.1 Å². The van der Waals surface area contributed by atoms with Crippen LogP contribution in [0.15, 0.2) is 77.8 Å². The van der Waals surface area contributed by atoms with E-state index in [4.69, 9.17) is 32.9 Å². The van der Waals surface area contributed by atoms with Gasteiger partial charge in [-0.05, 0) is 61.4 Å². The summed E-state index contributed by atoms with van der Waals surface area (Å²) in [6, 6.07) is 23.6. The molecule has 0 aliphatic carbocycles. The smallest absolute Gasteiger partial charge is 0.133 e. The number of hydrogen-bond donors (Lipinski definition) is 1. The number of benzene rings is 3. The van der Waals surface area contributed by atoms with Crippen molar-refractivity contribution in [1.82, 2.24) is 5.32 Å². The molecule has 1 N–H and O–H groups in total. The molecule has 1 heterocycles. The summed E-state index contributed by atoms with van der Waals surface area (Å²) in [5.74, 6) is 1.64. The van der Waals surface area contributed by atoms with E-state index in [0.29, 0.717) is 10.0 Å². The molecule has 0 saturated heterocycles. The molecule has 148 valence electrons. The second-order valence-corrected chi connectivity index (χ2v) is 8.18. The van der Waals surface area contributed by atoms with E-state index in [1.165, 1.54) is 0 Å². The summed E-state index contributed by atoms with van der Waals surface area (Å²) in [6.07, 6.45) is 0.0808. The number of ether oxygens (including phenoxy) is 1. The fraction of sp³-hybridized carbons (Fsp3) is 0.208. The predicted molar refractivity (Wildman–Crippen MR) is 120 cm³/mol. The highest BCUT2D eigenvalue weighted by Gasteiger charge is 2.32. The molecule has 3 aromatic rings. The normalized spacial score (nSPS) is 18.4. The van der Waals surface area contributed by atoms with Crippen molar-refractivity contribution < 1.29 is 4.74 Å². The molecule has 29 heavy (non-hydrogen) atoms. The van der Waals surface area contributed by atoms with Crippen LogP contribution in [0.5, 0.6) is 5.75 Å². The average molecular weight is 425 g/mol. The van der Waals surface area contributed by atoms with Crippen LogP contribution in [-0.2, 0) is 0 Å². The maximum atomic E-state index is 6.10. The van der Waals surface area contributed by atoms with E-state index in [2.05, 4.69) is 5.32 Å². The first-order chi connectivity index (χ1) is 14.0. The zero-order chi connectivity index (χ0) is 20.4. The standard InChI is InChI=1S/C24H22Cl2N2O/c1-15(2)29-21-6-4-3-5-20(21)24-27-22(16-7-11-18(25)12-8-16)23(28-24)17-9-13-19(26)14-10-17/h3-15,22-23H,1-2H3,(H,27,28)/t22-,23+. The minimum Gasteiger partial charge on any atom is -0.490 e. The van der Waals surface area contributed by atoms with Gasteiger partial charge in [-0.2, -0.15) is 0 Å². The third-order valence-electron chi connectivity index (χ3n) is 4.82. The quantitative estimate of drug-likeness (QED) is 0.499. The third kappa shape index (κ3) is 4.42. The van der Waals surface area contributed by atoms with Crippen molar-refractivity contribution in [1.29, 1.82) is 0 Å². The van der Waals surface area contributed by atoms with Gasteiger partial charge in [-0.25, -0.2) is 0 Å². The zero-order valence-electron chi connectivity index (χ0n) is 16.3. The Morgan fingerprint density at radius 1 is 0.828 bits per heavy atom. The van der Waals surface area contributed by atoms with E-state index >= 15 is 0 Å². The number of nitrogens with zero attached hydrogens (tertiary/aromatic N) is 1. The zero-order valence-corrected chi connectivity index (χ0v) is 17.8. The van der Waals surface area contributed by atoms with Gasteiger partial charge in [0, 0.05) is 10.0 Å². The molecule has 0 spiro atoms. The molecule has 0 unspecified atom stereocenters. The van der Waals surface area contributed by atoms with Crippen LogP contribution < -0.4 is 10.1 Å². The van der Waals surface area contributed by atoms with Gasteiger partial charge in [-0.3, -0.25) is 4.99 Å². The van der Waals surface area contributed by atoms with Crippen LogP contribution in [0.3, 0.4) is 0 Å². The Kier molecular flexibility index (Phi) is 5.79. The lowest BCUT2D eigenvalue weighted by Crippen LogP contribution is -2.25. The molecule has 0 amide bonds. The number of para-hydroxylation sites is 1. The van der Waals surface area contributed by atoms with Gasteiger partial charge in [0.1, 0.15) is 17.6 Å². The molecule has 0 fully saturated rings. The summed E-state index contributed by atoms with van der Waals surface area (Å²) in [4.78, 5) is 5.06. The van der Waals surface area contributed by atoms with Crippen molar-refractivity contribution >= 4 is 29.0 Å². The van der Waals surface area contributed by atoms with E-state index in [1.807, 2.05) is 86.6 Å². The lowest BCUT2D eigenvalue weighted by molar-refractivity contribution is 0.242. The molecular weight excluding hydrogens is 403 g/mol. The highest BCUT2D eigenvalue weighted by Crippen LogP contribution is 2.38. The summed E-state index contributed by atoms with van der Waals surface area (Å²) in [5, 5.41) is 5.04. The van der Waals surface area contributed by atoms with Crippen molar-refractivity contribution in [2.24, 2.45) is 4.99 Å². The van der Waals surface area contributed by atoms with E-state index < -0.39 is 0 Å². The molecule has 5 heteroatoms. The summed E-state index contributed by atoms with van der Waals surface area (Å²) >= 11 is 12.2. The second kappa shape index (κ2) is 8.48. The Morgan fingerprint density at radius 2 is 1.41 bits per heavy atom.